The van der Waals surface area contributed by atoms with E-state index in [1.807, 2.05) is 0 Å². The molecule has 0 heterocycles. The highest BCUT2D eigenvalue weighted by molar-refractivity contribution is 5.99. The van der Waals surface area contributed by atoms with Gasteiger partial charge in [-0.3, -0.25) is 14.9 Å². The summed E-state index contributed by atoms with van der Waals surface area (Å²) in [7, 11) is 1.58. The highest BCUT2D eigenvalue weighted by Crippen LogP contribution is 2.42. The molecule has 0 N–H and O–H groups in total. The van der Waals surface area contributed by atoms with Gasteiger partial charge >= 0.3 is 0 Å². The maximum Gasteiger partial charge on any atom is 0.269 e. The number of rotatable bonds is 3. The highest BCUT2D eigenvalue weighted by Gasteiger charge is 2.46. The standard InChI is InChI=1S/C13H13N3O3/c1-15(12(17)13(9-14)7-2-8-13)10-3-5-11(6-4-10)16(18)19/h3-6H,2,7-8H2,1H3. The maximum atomic E-state index is 12.3. The Kier molecular flexibility index (Phi) is 3.21. The predicted octanol–water partition coefficient (Wildman–Crippen LogP) is 2.25. The van der Waals surface area contributed by atoms with E-state index in [0.717, 1.165) is 6.42 Å². The molecule has 0 aromatic heterocycles. The van der Waals surface area contributed by atoms with E-state index >= 15 is 0 Å². The topological polar surface area (TPSA) is 87.2 Å². The Balaban J connectivity index is 2.20. The number of nitro benzene ring substituents is 1. The molecule has 2 rings (SSSR count). The number of carbonyl (C=O) groups is 1. The van der Waals surface area contributed by atoms with Crippen LogP contribution in [0.1, 0.15) is 19.3 Å². The van der Waals surface area contributed by atoms with Gasteiger partial charge in [0.1, 0.15) is 5.41 Å². The Morgan fingerprint density at radius 2 is 2.00 bits per heavy atom. The minimum absolute atomic E-state index is 0.0248. The minimum Gasteiger partial charge on any atom is -0.314 e. The Hall–Kier alpha value is -2.42. The molecule has 0 unspecified atom stereocenters. The van der Waals surface area contributed by atoms with Crippen LogP contribution >= 0.6 is 0 Å². The molecule has 0 radical (unpaired) electrons. The van der Waals surface area contributed by atoms with E-state index in [4.69, 9.17) is 5.26 Å². The summed E-state index contributed by atoms with van der Waals surface area (Å²) in [5.74, 6) is -0.241. The molecule has 0 atom stereocenters. The highest BCUT2D eigenvalue weighted by atomic mass is 16.6. The molecule has 6 heteroatoms. The van der Waals surface area contributed by atoms with Gasteiger partial charge in [0.2, 0.25) is 5.91 Å². The largest absolute Gasteiger partial charge is 0.314 e. The molecule has 1 aliphatic carbocycles. The molecule has 1 amide bonds. The molecule has 1 aromatic rings. The van der Waals surface area contributed by atoms with E-state index in [1.165, 1.54) is 29.2 Å². The first-order valence-electron chi connectivity index (χ1n) is 5.94. The number of hydrogen-bond acceptors (Lipinski definition) is 4. The first kappa shape index (κ1) is 13.0. The quantitative estimate of drug-likeness (QED) is 0.615. The summed E-state index contributed by atoms with van der Waals surface area (Å²) < 4.78 is 0. The summed E-state index contributed by atoms with van der Waals surface area (Å²) in [6, 6.07) is 7.82. The van der Waals surface area contributed by atoms with E-state index in [9.17, 15) is 14.9 Å². The average Bonchev–Trinajstić information content (AvgIpc) is 2.37. The van der Waals surface area contributed by atoms with Gasteiger partial charge in [-0.25, -0.2) is 0 Å². The zero-order valence-electron chi connectivity index (χ0n) is 10.5. The summed E-state index contributed by atoms with van der Waals surface area (Å²) in [5, 5.41) is 19.7. The number of benzene rings is 1. The van der Waals surface area contributed by atoms with Gasteiger partial charge in [0.15, 0.2) is 0 Å². The molecular formula is C13H13N3O3. The Morgan fingerprint density at radius 3 is 2.37 bits per heavy atom. The van der Waals surface area contributed by atoms with Gasteiger partial charge in [-0.15, -0.1) is 0 Å². The van der Waals surface area contributed by atoms with Gasteiger partial charge in [-0.05, 0) is 31.4 Å². The molecule has 19 heavy (non-hydrogen) atoms. The van der Waals surface area contributed by atoms with Crippen molar-refractivity contribution in [2.75, 3.05) is 11.9 Å². The van der Waals surface area contributed by atoms with Crippen LogP contribution in [0.4, 0.5) is 11.4 Å². The molecule has 1 fully saturated rings. The molecule has 1 aliphatic rings. The molecule has 0 aliphatic heterocycles. The van der Waals surface area contributed by atoms with Crippen molar-refractivity contribution in [3.05, 3.63) is 34.4 Å². The van der Waals surface area contributed by atoms with Gasteiger partial charge in [0.25, 0.3) is 5.69 Å². The van der Waals surface area contributed by atoms with Crippen LogP contribution in [0.3, 0.4) is 0 Å². The lowest BCUT2D eigenvalue weighted by molar-refractivity contribution is -0.384. The predicted molar refractivity (Wildman–Crippen MR) is 68.4 cm³/mol. The van der Waals surface area contributed by atoms with Crippen LogP contribution in [0.2, 0.25) is 0 Å². The third-order valence-corrected chi connectivity index (χ3v) is 3.58. The summed E-state index contributed by atoms with van der Waals surface area (Å²) in [6.45, 7) is 0. The maximum absolute atomic E-state index is 12.3. The number of non-ortho nitro benzene ring substituents is 1. The molecule has 6 nitrogen and oxygen atoms in total. The Bertz CT molecular complexity index is 555. The van der Waals surface area contributed by atoms with Gasteiger partial charge < -0.3 is 4.90 Å². The normalized spacial score (nSPS) is 16.0. The van der Waals surface area contributed by atoms with Gasteiger partial charge in [0, 0.05) is 24.9 Å². The van der Waals surface area contributed by atoms with Crippen LogP contribution in [-0.2, 0) is 4.79 Å². The number of hydrogen-bond donors (Lipinski definition) is 0. The third-order valence-electron chi connectivity index (χ3n) is 3.58. The number of amides is 1. The number of nitriles is 1. The van der Waals surface area contributed by atoms with Crippen molar-refractivity contribution in [1.29, 1.82) is 5.26 Å². The first-order chi connectivity index (χ1) is 9.00. The van der Waals surface area contributed by atoms with Crippen molar-refractivity contribution >= 4 is 17.3 Å². The molecule has 1 aromatic carbocycles. The molecule has 98 valence electrons. The van der Waals surface area contributed by atoms with E-state index in [2.05, 4.69) is 6.07 Å². The van der Waals surface area contributed by atoms with Crippen LogP contribution in [0.25, 0.3) is 0 Å². The average molecular weight is 259 g/mol. The van der Waals surface area contributed by atoms with E-state index in [-0.39, 0.29) is 11.6 Å². The molecule has 1 saturated carbocycles. The van der Waals surface area contributed by atoms with Crippen molar-refractivity contribution in [3.8, 4) is 6.07 Å². The van der Waals surface area contributed by atoms with E-state index in [1.54, 1.807) is 7.05 Å². The second-order valence-corrected chi connectivity index (χ2v) is 4.69. The fourth-order valence-corrected chi connectivity index (χ4v) is 2.14. The molecule has 0 saturated heterocycles. The van der Waals surface area contributed by atoms with Gasteiger partial charge in [-0.1, -0.05) is 0 Å². The van der Waals surface area contributed by atoms with Crippen LogP contribution in [0.5, 0.6) is 0 Å². The van der Waals surface area contributed by atoms with E-state index < -0.39 is 10.3 Å². The Morgan fingerprint density at radius 1 is 1.42 bits per heavy atom. The van der Waals surface area contributed by atoms with Crippen molar-refractivity contribution in [1.82, 2.24) is 0 Å². The number of nitrogens with zero attached hydrogens (tertiary/aromatic N) is 3. The van der Waals surface area contributed by atoms with Crippen LogP contribution in [-0.4, -0.2) is 17.9 Å². The van der Waals surface area contributed by atoms with Crippen LogP contribution < -0.4 is 4.90 Å². The second-order valence-electron chi connectivity index (χ2n) is 4.69. The van der Waals surface area contributed by atoms with Crippen molar-refractivity contribution in [2.45, 2.75) is 19.3 Å². The first-order valence-corrected chi connectivity index (χ1v) is 5.94. The summed E-state index contributed by atoms with van der Waals surface area (Å²) in [6.07, 6.45) is 2.05. The number of nitro groups is 1. The van der Waals surface area contributed by atoms with E-state index in [0.29, 0.717) is 18.5 Å². The van der Waals surface area contributed by atoms with Crippen LogP contribution in [0, 0.1) is 26.9 Å². The summed E-state index contributed by atoms with van der Waals surface area (Å²) in [4.78, 5) is 23.7. The fraction of sp³-hybridized carbons (Fsp3) is 0.385. The Labute approximate surface area is 110 Å². The lowest BCUT2D eigenvalue weighted by Gasteiger charge is -2.36. The summed E-state index contributed by atoms with van der Waals surface area (Å²) in [5.41, 5.74) is -0.378. The van der Waals surface area contributed by atoms with Gasteiger partial charge in [0.05, 0.1) is 11.0 Å². The smallest absolute Gasteiger partial charge is 0.269 e. The minimum atomic E-state index is -0.906. The monoisotopic (exact) mass is 259 g/mol. The lowest BCUT2D eigenvalue weighted by atomic mass is 9.69. The fourth-order valence-electron chi connectivity index (χ4n) is 2.14. The molecule has 0 bridgehead atoms. The van der Waals surface area contributed by atoms with Crippen molar-refractivity contribution < 1.29 is 9.72 Å². The number of anilines is 1. The van der Waals surface area contributed by atoms with Crippen molar-refractivity contribution in [3.63, 3.8) is 0 Å². The lowest BCUT2D eigenvalue weighted by Crippen LogP contribution is -2.45. The van der Waals surface area contributed by atoms with Crippen molar-refractivity contribution in [2.24, 2.45) is 5.41 Å². The zero-order chi connectivity index (χ0) is 14.0. The second kappa shape index (κ2) is 4.69. The zero-order valence-corrected chi connectivity index (χ0v) is 10.5. The number of carbonyl (C=O) groups excluding carboxylic acids is 1. The summed E-state index contributed by atoms with van der Waals surface area (Å²) >= 11 is 0. The molecule has 0 spiro atoms. The third kappa shape index (κ3) is 2.15. The molecular weight excluding hydrogens is 246 g/mol. The SMILES string of the molecule is CN(C(=O)C1(C#N)CCC1)c1ccc([N+](=O)[O-])cc1. The van der Waals surface area contributed by atoms with Gasteiger partial charge in [-0.2, -0.15) is 5.26 Å². The van der Waals surface area contributed by atoms with Crippen LogP contribution in [0.15, 0.2) is 24.3 Å².